The van der Waals surface area contributed by atoms with Crippen molar-refractivity contribution in [3.8, 4) is 11.6 Å². The number of nitrogens with one attached hydrogen (secondary N) is 1. The first-order valence-corrected chi connectivity index (χ1v) is 6.97. The van der Waals surface area contributed by atoms with Gasteiger partial charge in [0.2, 0.25) is 11.8 Å². The Kier molecular flexibility index (Phi) is 4.00. The summed E-state index contributed by atoms with van der Waals surface area (Å²) in [5.74, 6) is 0.678. The Hall–Kier alpha value is -2.89. The maximum atomic E-state index is 12.4. The summed E-state index contributed by atoms with van der Waals surface area (Å²) in [4.78, 5) is 29.4. The molecule has 1 fully saturated rings. The molecule has 0 saturated carbocycles. The first kappa shape index (κ1) is 14.1. The van der Waals surface area contributed by atoms with Crippen LogP contribution in [0.4, 0.5) is 0 Å². The molecule has 3 rings (SSSR count). The number of rotatable bonds is 3. The molecule has 1 saturated heterocycles. The Morgan fingerprint density at radius 3 is 2.91 bits per heavy atom. The van der Waals surface area contributed by atoms with Crippen molar-refractivity contribution in [2.24, 2.45) is 0 Å². The average Bonchev–Trinajstić information content (AvgIpc) is 2.55. The highest BCUT2D eigenvalue weighted by Gasteiger charge is 2.22. The van der Waals surface area contributed by atoms with Crippen molar-refractivity contribution in [3.63, 3.8) is 0 Å². The van der Waals surface area contributed by atoms with Crippen LogP contribution in [0.3, 0.4) is 0 Å². The van der Waals surface area contributed by atoms with Gasteiger partial charge >= 0.3 is 0 Å². The molecular weight excluding hydrogens is 282 g/mol. The van der Waals surface area contributed by atoms with Gasteiger partial charge in [-0.05, 0) is 24.3 Å². The quantitative estimate of drug-likeness (QED) is 0.930. The number of hydrogen-bond acceptors (Lipinski definition) is 4. The maximum absolute atomic E-state index is 12.4. The van der Waals surface area contributed by atoms with Crippen molar-refractivity contribution in [2.45, 2.75) is 0 Å². The third-order valence-electron chi connectivity index (χ3n) is 3.27. The fourth-order valence-electron chi connectivity index (χ4n) is 2.22. The van der Waals surface area contributed by atoms with Crippen LogP contribution in [0.5, 0.6) is 11.6 Å². The normalized spacial score (nSPS) is 14.4. The molecule has 0 radical (unpaired) electrons. The van der Waals surface area contributed by atoms with E-state index in [9.17, 15) is 9.59 Å². The van der Waals surface area contributed by atoms with Crippen LogP contribution in [0.1, 0.15) is 10.4 Å². The molecule has 2 heterocycles. The van der Waals surface area contributed by atoms with Gasteiger partial charge in [0.25, 0.3) is 5.91 Å². The lowest BCUT2D eigenvalue weighted by Crippen LogP contribution is -2.49. The predicted octanol–water partition coefficient (Wildman–Crippen LogP) is 1.45. The lowest BCUT2D eigenvalue weighted by Gasteiger charge is -2.26. The smallest absolute Gasteiger partial charge is 0.254 e. The molecule has 0 bridgehead atoms. The highest BCUT2D eigenvalue weighted by molar-refractivity contribution is 5.97. The minimum Gasteiger partial charge on any atom is -0.439 e. The molecule has 6 nitrogen and oxygen atoms in total. The molecule has 22 heavy (non-hydrogen) atoms. The minimum atomic E-state index is -0.179. The van der Waals surface area contributed by atoms with E-state index >= 15 is 0 Å². The van der Waals surface area contributed by atoms with Crippen molar-refractivity contribution < 1.29 is 14.3 Å². The first-order valence-electron chi connectivity index (χ1n) is 6.97. The van der Waals surface area contributed by atoms with Gasteiger partial charge in [0, 0.05) is 30.9 Å². The summed E-state index contributed by atoms with van der Waals surface area (Å²) >= 11 is 0. The Labute approximate surface area is 127 Å². The number of piperazine rings is 1. The number of nitrogens with zero attached hydrogens (tertiary/aromatic N) is 2. The molecule has 6 heteroatoms. The molecular formula is C16H15N3O3. The second-order valence-electron chi connectivity index (χ2n) is 4.87. The second-order valence-corrected chi connectivity index (χ2v) is 4.87. The highest BCUT2D eigenvalue weighted by atomic mass is 16.5. The predicted molar refractivity (Wildman–Crippen MR) is 79.7 cm³/mol. The van der Waals surface area contributed by atoms with Gasteiger partial charge in [0.15, 0.2) is 0 Å². The van der Waals surface area contributed by atoms with Gasteiger partial charge < -0.3 is 15.0 Å². The number of pyridine rings is 1. The average molecular weight is 297 g/mol. The molecule has 1 aliphatic heterocycles. The Bertz CT molecular complexity index is 688. The molecule has 0 atom stereocenters. The van der Waals surface area contributed by atoms with Crippen LogP contribution in [-0.4, -0.2) is 41.3 Å². The van der Waals surface area contributed by atoms with E-state index in [0.29, 0.717) is 30.3 Å². The summed E-state index contributed by atoms with van der Waals surface area (Å²) in [5, 5.41) is 2.70. The van der Waals surface area contributed by atoms with Crippen LogP contribution in [0.2, 0.25) is 0 Å². The van der Waals surface area contributed by atoms with Gasteiger partial charge in [0.05, 0.1) is 6.54 Å². The molecule has 2 amide bonds. The van der Waals surface area contributed by atoms with Crippen molar-refractivity contribution in [1.82, 2.24) is 15.2 Å². The fourth-order valence-corrected chi connectivity index (χ4v) is 2.22. The number of hydrogen-bond donors (Lipinski definition) is 1. The van der Waals surface area contributed by atoms with E-state index in [4.69, 9.17) is 4.74 Å². The summed E-state index contributed by atoms with van der Waals surface area (Å²) in [5.41, 5.74) is 0.489. The largest absolute Gasteiger partial charge is 0.439 e. The molecule has 0 unspecified atom stereocenters. The van der Waals surface area contributed by atoms with Gasteiger partial charge in [-0.1, -0.05) is 12.1 Å². The third-order valence-corrected chi connectivity index (χ3v) is 3.27. The van der Waals surface area contributed by atoms with Crippen LogP contribution >= 0.6 is 0 Å². The number of amides is 2. The van der Waals surface area contributed by atoms with E-state index in [0.717, 1.165) is 0 Å². The van der Waals surface area contributed by atoms with Crippen LogP contribution in [-0.2, 0) is 4.79 Å². The zero-order chi connectivity index (χ0) is 15.4. The topological polar surface area (TPSA) is 71.5 Å². The van der Waals surface area contributed by atoms with Gasteiger partial charge in [0.1, 0.15) is 5.75 Å². The first-order chi connectivity index (χ1) is 10.7. The second kappa shape index (κ2) is 6.26. The maximum Gasteiger partial charge on any atom is 0.254 e. The number of ether oxygens (including phenoxy) is 1. The van der Waals surface area contributed by atoms with Gasteiger partial charge in [-0.3, -0.25) is 9.59 Å². The van der Waals surface area contributed by atoms with Crippen LogP contribution in [0.25, 0.3) is 0 Å². The summed E-state index contributed by atoms with van der Waals surface area (Å²) in [6.45, 7) is 1.08. The monoisotopic (exact) mass is 297 g/mol. The molecule has 0 spiro atoms. The van der Waals surface area contributed by atoms with E-state index in [-0.39, 0.29) is 18.4 Å². The van der Waals surface area contributed by atoms with E-state index in [1.807, 2.05) is 6.07 Å². The fraction of sp³-hybridized carbons (Fsp3) is 0.188. The number of benzene rings is 1. The Morgan fingerprint density at radius 2 is 2.14 bits per heavy atom. The van der Waals surface area contributed by atoms with E-state index < -0.39 is 0 Å². The lowest BCUT2D eigenvalue weighted by atomic mass is 10.1. The zero-order valence-corrected chi connectivity index (χ0v) is 11.9. The van der Waals surface area contributed by atoms with Gasteiger partial charge in [-0.25, -0.2) is 4.98 Å². The Morgan fingerprint density at radius 1 is 1.23 bits per heavy atom. The van der Waals surface area contributed by atoms with Crippen molar-refractivity contribution in [3.05, 3.63) is 54.2 Å². The van der Waals surface area contributed by atoms with Crippen LogP contribution in [0, 0.1) is 0 Å². The molecule has 1 aromatic carbocycles. The number of carbonyl (C=O) groups is 2. The standard InChI is InChI=1S/C16H15N3O3/c20-14-11-19(9-8-17-14)16(21)12-4-3-5-13(10-12)22-15-6-1-2-7-18-15/h1-7,10H,8-9,11H2,(H,17,20). The van der Waals surface area contributed by atoms with Crippen molar-refractivity contribution >= 4 is 11.8 Å². The molecule has 112 valence electrons. The number of aromatic nitrogens is 1. The molecule has 1 aromatic heterocycles. The SMILES string of the molecule is O=C1CN(C(=O)c2cccc(Oc3ccccn3)c2)CCN1. The van der Waals surface area contributed by atoms with E-state index in [2.05, 4.69) is 10.3 Å². The highest BCUT2D eigenvalue weighted by Crippen LogP contribution is 2.20. The van der Waals surface area contributed by atoms with Crippen LogP contribution in [0.15, 0.2) is 48.7 Å². The number of carbonyl (C=O) groups excluding carboxylic acids is 2. The summed E-state index contributed by atoms with van der Waals surface area (Å²) in [6.07, 6.45) is 1.64. The Balaban J connectivity index is 1.76. The van der Waals surface area contributed by atoms with Gasteiger partial charge in [-0.2, -0.15) is 0 Å². The summed E-state index contributed by atoms with van der Waals surface area (Å²) < 4.78 is 5.62. The molecule has 2 aromatic rings. The molecule has 0 aliphatic carbocycles. The van der Waals surface area contributed by atoms with E-state index in [1.54, 1.807) is 42.6 Å². The minimum absolute atomic E-state index is 0.0875. The summed E-state index contributed by atoms with van der Waals surface area (Å²) in [6, 6.07) is 12.2. The van der Waals surface area contributed by atoms with E-state index in [1.165, 1.54) is 4.90 Å². The van der Waals surface area contributed by atoms with Gasteiger partial charge in [-0.15, -0.1) is 0 Å². The molecule has 1 N–H and O–H groups in total. The van der Waals surface area contributed by atoms with Crippen molar-refractivity contribution in [1.29, 1.82) is 0 Å². The lowest BCUT2D eigenvalue weighted by molar-refractivity contribution is -0.123. The van der Waals surface area contributed by atoms with Crippen LogP contribution < -0.4 is 10.1 Å². The van der Waals surface area contributed by atoms with Crippen molar-refractivity contribution in [2.75, 3.05) is 19.6 Å². The summed E-state index contributed by atoms with van der Waals surface area (Å²) in [7, 11) is 0. The third kappa shape index (κ3) is 3.22. The zero-order valence-electron chi connectivity index (χ0n) is 11.9. The molecule has 1 aliphatic rings.